The minimum atomic E-state index is 0.0449. The molecule has 0 N–H and O–H groups in total. The highest BCUT2D eigenvalue weighted by Gasteiger charge is 2.30. The molecule has 0 aromatic carbocycles. The number of hydrogen-bond acceptors (Lipinski definition) is 4. The quantitative estimate of drug-likeness (QED) is 0.826. The van der Waals surface area contributed by atoms with E-state index in [9.17, 15) is 4.79 Å². The van der Waals surface area contributed by atoms with Gasteiger partial charge < -0.3 is 9.64 Å². The first kappa shape index (κ1) is 14.4. The van der Waals surface area contributed by atoms with Crippen LogP contribution in [0, 0.1) is 11.8 Å². The Morgan fingerprint density at radius 1 is 1.14 bits per heavy atom. The van der Waals surface area contributed by atoms with E-state index in [1.54, 1.807) is 10.7 Å². The van der Waals surface area contributed by atoms with Gasteiger partial charge in [0.05, 0.1) is 18.8 Å². The van der Waals surface area contributed by atoms with Gasteiger partial charge >= 0.3 is 0 Å². The van der Waals surface area contributed by atoms with E-state index in [0.29, 0.717) is 17.8 Å². The lowest BCUT2D eigenvalue weighted by Crippen LogP contribution is -2.51. The normalized spacial score (nSPS) is 26.8. The van der Waals surface area contributed by atoms with Crippen LogP contribution in [0.3, 0.4) is 0 Å². The molecule has 0 amide bonds. The predicted octanol–water partition coefficient (Wildman–Crippen LogP) is 1.48. The van der Waals surface area contributed by atoms with Gasteiger partial charge in [0.2, 0.25) is 0 Å². The van der Waals surface area contributed by atoms with Crippen molar-refractivity contribution in [1.82, 2.24) is 14.7 Å². The van der Waals surface area contributed by atoms with E-state index in [1.807, 2.05) is 6.07 Å². The summed E-state index contributed by atoms with van der Waals surface area (Å²) in [7, 11) is 0. The lowest BCUT2D eigenvalue weighted by molar-refractivity contribution is 0.00789. The van der Waals surface area contributed by atoms with Crippen molar-refractivity contribution in [2.24, 2.45) is 11.8 Å². The molecule has 2 aliphatic heterocycles. The SMILES string of the molecule is O=c1ccc(C2CC2)nn1CC1CN(CC2CCCOC2)C1. The molecule has 1 unspecified atom stereocenters. The highest BCUT2D eigenvalue weighted by Crippen LogP contribution is 2.38. The smallest absolute Gasteiger partial charge is 0.266 e. The van der Waals surface area contributed by atoms with Gasteiger partial charge in [-0.05, 0) is 37.7 Å². The van der Waals surface area contributed by atoms with Gasteiger partial charge in [-0.2, -0.15) is 5.10 Å². The third kappa shape index (κ3) is 3.25. The maximum absolute atomic E-state index is 12.0. The average Bonchev–Trinajstić information content (AvgIpc) is 3.33. The van der Waals surface area contributed by atoms with Gasteiger partial charge in [0.15, 0.2) is 0 Å². The van der Waals surface area contributed by atoms with E-state index in [4.69, 9.17) is 4.74 Å². The summed E-state index contributed by atoms with van der Waals surface area (Å²) < 4.78 is 7.24. The van der Waals surface area contributed by atoms with Gasteiger partial charge in [-0.1, -0.05) is 0 Å². The topological polar surface area (TPSA) is 47.4 Å². The molecular formula is C17H25N3O2. The van der Waals surface area contributed by atoms with E-state index in [-0.39, 0.29) is 5.56 Å². The van der Waals surface area contributed by atoms with Crippen molar-refractivity contribution in [2.45, 2.75) is 38.1 Å². The highest BCUT2D eigenvalue weighted by atomic mass is 16.5. The first-order valence-corrected chi connectivity index (χ1v) is 8.66. The second kappa shape index (κ2) is 6.13. The van der Waals surface area contributed by atoms with Crippen molar-refractivity contribution in [3.63, 3.8) is 0 Å². The molecule has 3 fully saturated rings. The van der Waals surface area contributed by atoms with Gasteiger partial charge in [0, 0.05) is 44.1 Å². The largest absolute Gasteiger partial charge is 0.381 e. The summed E-state index contributed by atoms with van der Waals surface area (Å²) in [5.41, 5.74) is 1.15. The Morgan fingerprint density at radius 3 is 2.73 bits per heavy atom. The summed E-state index contributed by atoms with van der Waals surface area (Å²) in [4.78, 5) is 14.5. The molecule has 0 spiro atoms. The molecule has 0 radical (unpaired) electrons. The maximum atomic E-state index is 12.0. The van der Waals surface area contributed by atoms with Crippen molar-refractivity contribution in [1.29, 1.82) is 0 Å². The molecule has 3 aliphatic rings. The Balaban J connectivity index is 1.28. The Labute approximate surface area is 131 Å². The van der Waals surface area contributed by atoms with E-state index in [2.05, 4.69) is 10.00 Å². The summed E-state index contributed by atoms with van der Waals surface area (Å²) in [6, 6.07) is 3.60. The van der Waals surface area contributed by atoms with E-state index < -0.39 is 0 Å². The molecule has 1 saturated carbocycles. The van der Waals surface area contributed by atoms with Crippen LogP contribution in [0.25, 0.3) is 0 Å². The summed E-state index contributed by atoms with van der Waals surface area (Å²) in [5, 5.41) is 4.56. The number of ether oxygens (including phenoxy) is 1. The summed E-state index contributed by atoms with van der Waals surface area (Å²) in [6.07, 6.45) is 4.96. The Bertz CT molecular complexity index is 570. The van der Waals surface area contributed by atoms with Crippen molar-refractivity contribution >= 4 is 0 Å². The lowest BCUT2D eigenvalue weighted by Gasteiger charge is -2.41. The van der Waals surface area contributed by atoms with Gasteiger partial charge in [0.25, 0.3) is 5.56 Å². The van der Waals surface area contributed by atoms with Crippen LogP contribution in [0.2, 0.25) is 0 Å². The van der Waals surface area contributed by atoms with Gasteiger partial charge in [-0.25, -0.2) is 4.68 Å². The van der Waals surface area contributed by atoms with Crippen LogP contribution >= 0.6 is 0 Å². The fourth-order valence-electron chi connectivity index (χ4n) is 3.69. The van der Waals surface area contributed by atoms with Crippen LogP contribution in [0.1, 0.15) is 37.3 Å². The van der Waals surface area contributed by atoms with Gasteiger partial charge in [-0.15, -0.1) is 0 Å². The second-order valence-electron chi connectivity index (χ2n) is 7.22. The number of rotatable bonds is 5. The second-order valence-corrected chi connectivity index (χ2v) is 7.22. The average molecular weight is 303 g/mol. The zero-order valence-electron chi connectivity index (χ0n) is 13.1. The highest BCUT2D eigenvalue weighted by molar-refractivity contribution is 5.12. The number of aromatic nitrogens is 2. The van der Waals surface area contributed by atoms with Crippen molar-refractivity contribution in [3.05, 3.63) is 28.2 Å². The molecule has 0 bridgehead atoms. The molecule has 22 heavy (non-hydrogen) atoms. The summed E-state index contributed by atoms with van der Waals surface area (Å²) in [6.45, 7) is 5.98. The molecule has 4 rings (SSSR count). The molecule has 5 heteroatoms. The zero-order chi connectivity index (χ0) is 14.9. The third-order valence-corrected chi connectivity index (χ3v) is 5.12. The van der Waals surface area contributed by atoms with E-state index in [1.165, 1.54) is 25.7 Å². The van der Waals surface area contributed by atoms with Crippen molar-refractivity contribution < 1.29 is 4.74 Å². The van der Waals surface area contributed by atoms with Crippen molar-refractivity contribution in [3.8, 4) is 0 Å². The van der Waals surface area contributed by atoms with Crippen LogP contribution in [0.4, 0.5) is 0 Å². The predicted molar refractivity (Wildman–Crippen MR) is 83.9 cm³/mol. The van der Waals surface area contributed by atoms with Crippen LogP contribution < -0.4 is 5.56 Å². The lowest BCUT2D eigenvalue weighted by atomic mass is 9.95. The molecule has 1 aliphatic carbocycles. The first-order chi connectivity index (χ1) is 10.8. The minimum absolute atomic E-state index is 0.0449. The van der Waals surface area contributed by atoms with Crippen LogP contribution in [0.5, 0.6) is 0 Å². The van der Waals surface area contributed by atoms with E-state index in [0.717, 1.165) is 45.1 Å². The summed E-state index contributed by atoms with van der Waals surface area (Å²) >= 11 is 0. The van der Waals surface area contributed by atoms with Crippen LogP contribution in [-0.4, -0.2) is 47.5 Å². The number of hydrogen-bond donors (Lipinski definition) is 0. The molecule has 3 heterocycles. The molecule has 1 aromatic heterocycles. The van der Waals surface area contributed by atoms with Gasteiger partial charge in [0.1, 0.15) is 0 Å². The molecule has 1 aromatic rings. The standard InChI is InChI=1S/C17H25N3O2/c21-17-6-5-16(15-3-4-15)18-20(17)11-14-9-19(10-14)8-13-2-1-7-22-12-13/h5-6,13-15H,1-4,7-12H2. The fourth-order valence-corrected chi connectivity index (χ4v) is 3.69. The molecule has 1 atom stereocenters. The van der Waals surface area contributed by atoms with Crippen LogP contribution in [0.15, 0.2) is 16.9 Å². The fraction of sp³-hybridized carbons (Fsp3) is 0.765. The monoisotopic (exact) mass is 303 g/mol. The van der Waals surface area contributed by atoms with Crippen LogP contribution in [-0.2, 0) is 11.3 Å². The number of likely N-dealkylation sites (tertiary alicyclic amines) is 1. The maximum Gasteiger partial charge on any atom is 0.266 e. The minimum Gasteiger partial charge on any atom is -0.381 e. The number of nitrogens with zero attached hydrogens (tertiary/aromatic N) is 3. The van der Waals surface area contributed by atoms with E-state index >= 15 is 0 Å². The zero-order valence-corrected chi connectivity index (χ0v) is 13.1. The Kier molecular flexibility index (Phi) is 4.01. The van der Waals surface area contributed by atoms with Gasteiger partial charge in [-0.3, -0.25) is 4.79 Å². The Morgan fingerprint density at radius 2 is 2.00 bits per heavy atom. The molecule has 120 valence electrons. The van der Waals surface area contributed by atoms with Crippen molar-refractivity contribution in [2.75, 3.05) is 32.8 Å². The first-order valence-electron chi connectivity index (χ1n) is 8.66. The Hall–Kier alpha value is -1.20. The summed E-state index contributed by atoms with van der Waals surface area (Å²) in [5.74, 6) is 1.88. The molecule has 2 saturated heterocycles. The third-order valence-electron chi connectivity index (χ3n) is 5.12. The molecule has 5 nitrogen and oxygen atoms in total. The molecular weight excluding hydrogens is 278 g/mol.